The predicted molar refractivity (Wildman–Crippen MR) is 58.7 cm³/mol. The van der Waals surface area contributed by atoms with Crippen LogP contribution in [-0.2, 0) is 0 Å². The monoisotopic (exact) mass is 233 g/mol. The molecular weight excluding hydrogens is 225 g/mol. The van der Waals surface area contributed by atoms with E-state index < -0.39 is 0 Å². The fourth-order valence-corrected chi connectivity index (χ4v) is 3.35. The molecule has 0 amide bonds. The van der Waals surface area contributed by atoms with E-state index in [4.69, 9.17) is 28.9 Å². The van der Waals surface area contributed by atoms with Gasteiger partial charge in [0.1, 0.15) is 0 Å². The average Bonchev–Trinajstić information content (AvgIpc) is 2.12. The molecule has 0 saturated heterocycles. The Morgan fingerprint density at radius 1 is 1.31 bits per heavy atom. The van der Waals surface area contributed by atoms with Crippen molar-refractivity contribution in [2.75, 3.05) is 5.75 Å². The fourth-order valence-electron chi connectivity index (χ4n) is 1.47. The molecule has 0 fully saturated rings. The molecule has 0 bridgehead atoms. The normalized spacial score (nSPS) is 21.3. The van der Waals surface area contributed by atoms with Crippen molar-refractivity contribution in [2.24, 2.45) is 5.73 Å². The molecule has 1 nitrogen and oxygen atoms in total. The molecule has 1 unspecified atom stereocenters. The largest absolute Gasteiger partial charge is 0.324 e. The van der Waals surface area contributed by atoms with Crippen molar-refractivity contribution in [3.63, 3.8) is 0 Å². The molecule has 1 aliphatic rings. The van der Waals surface area contributed by atoms with Crippen LogP contribution in [0.1, 0.15) is 18.0 Å². The molecule has 0 aromatic heterocycles. The molecule has 1 heterocycles. The number of fused-ring (bicyclic) bond motifs is 1. The highest BCUT2D eigenvalue weighted by molar-refractivity contribution is 7.99. The summed E-state index contributed by atoms with van der Waals surface area (Å²) in [5, 5.41) is 1.50. The van der Waals surface area contributed by atoms with E-state index >= 15 is 0 Å². The Kier molecular flexibility index (Phi) is 2.75. The van der Waals surface area contributed by atoms with Gasteiger partial charge >= 0.3 is 0 Å². The summed E-state index contributed by atoms with van der Waals surface area (Å²) in [4.78, 5) is 1.06. The lowest BCUT2D eigenvalue weighted by Crippen LogP contribution is -2.16. The summed E-state index contributed by atoms with van der Waals surface area (Å²) in [6, 6.07) is 3.69. The summed E-state index contributed by atoms with van der Waals surface area (Å²) in [5.41, 5.74) is 6.98. The number of hydrogen-bond acceptors (Lipinski definition) is 2. The Morgan fingerprint density at radius 3 is 2.69 bits per heavy atom. The summed E-state index contributed by atoms with van der Waals surface area (Å²) in [7, 11) is 0. The summed E-state index contributed by atoms with van der Waals surface area (Å²) >= 11 is 13.8. The first kappa shape index (κ1) is 9.66. The first-order valence-corrected chi connectivity index (χ1v) is 5.80. The maximum atomic E-state index is 6.06. The SMILES string of the molecule is NC1CCSc2c(Cl)ccc(Cl)c21. The maximum absolute atomic E-state index is 6.06. The molecule has 0 radical (unpaired) electrons. The summed E-state index contributed by atoms with van der Waals surface area (Å²) < 4.78 is 0. The van der Waals surface area contributed by atoms with Gasteiger partial charge in [-0.2, -0.15) is 0 Å². The van der Waals surface area contributed by atoms with Crippen molar-refractivity contribution < 1.29 is 0 Å². The molecule has 0 saturated carbocycles. The van der Waals surface area contributed by atoms with Crippen LogP contribution in [0.5, 0.6) is 0 Å². The number of rotatable bonds is 0. The van der Waals surface area contributed by atoms with Crippen molar-refractivity contribution in [3.05, 3.63) is 27.7 Å². The third-order valence-electron chi connectivity index (χ3n) is 2.14. The van der Waals surface area contributed by atoms with Gasteiger partial charge in [-0.15, -0.1) is 11.8 Å². The highest BCUT2D eigenvalue weighted by Crippen LogP contribution is 2.42. The zero-order valence-corrected chi connectivity index (χ0v) is 9.22. The van der Waals surface area contributed by atoms with Crippen molar-refractivity contribution in [1.82, 2.24) is 0 Å². The van der Waals surface area contributed by atoms with Gasteiger partial charge in [0, 0.05) is 21.5 Å². The van der Waals surface area contributed by atoms with Gasteiger partial charge < -0.3 is 5.73 Å². The number of nitrogens with two attached hydrogens (primary N) is 1. The minimum absolute atomic E-state index is 0.0439. The molecule has 1 aromatic rings. The van der Waals surface area contributed by atoms with E-state index in [1.807, 2.05) is 12.1 Å². The van der Waals surface area contributed by atoms with Crippen molar-refractivity contribution in [1.29, 1.82) is 0 Å². The van der Waals surface area contributed by atoms with Gasteiger partial charge in [-0.1, -0.05) is 23.2 Å². The zero-order valence-electron chi connectivity index (χ0n) is 6.89. The molecule has 1 aromatic carbocycles. The van der Waals surface area contributed by atoms with Crippen LogP contribution in [-0.4, -0.2) is 5.75 Å². The van der Waals surface area contributed by atoms with E-state index in [9.17, 15) is 0 Å². The van der Waals surface area contributed by atoms with E-state index in [0.29, 0.717) is 0 Å². The van der Waals surface area contributed by atoms with Crippen LogP contribution < -0.4 is 5.73 Å². The van der Waals surface area contributed by atoms with Crippen LogP contribution in [0.15, 0.2) is 17.0 Å². The average molecular weight is 234 g/mol. The van der Waals surface area contributed by atoms with Gasteiger partial charge in [0.25, 0.3) is 0 Å². The topological polar surface area (TPSA) is 26.0 Å². The van der Waals surface area contributed by atoms with Crippen molar-refractivity contribution in [3.8, 4) is 0 Å². The minimum atomic E-state index is 0.0439. The first-order chi connectivity index (χ1) is 6.20. The van der Waals surface area contributed by atoms with E-state index in [1.54, 1.807) is 11.8 Å². The standard InChI is InChI=1S/C9H9Cl2NS/c10-5-1-2-6(11)9-8(5)7(12)3-4-13-9/h1-2,7H,3-4,12H2. The molecule has 2 rings (SSSR count). The number of halogens is 2. The second kappa shape index (κ2) is 3.70. The van der Waals surface area contributed by atoms with E-state index in [-0.39, 0.29) is 6.04 Å². The molecule has 1 aliphatic heterocycles. The Hall–Kier alpha value is 0.110. The lowest BCUT2D eigenvalue weighted by Gasteiger charge is -2.23. The first-order valence-electron chi connectivity index (χ1n) is 4.06. The molecule has 13 heavy (non-hydrogen) atoms. The second-order valence-electron chi connectivity index (χ2n) is 3.02. The molecule has 0 spiro atoms. The Labute approximate surface area is 91.6 Å². The molecule has 4 heteroatoms. The van der Waals surface area contributed by atoms with Crippen LogP contribution in [0.3, 0.4) is 0 Å². The highest BCUT2D eigenvalue weighted by atomic mass is 35.5. The lowest BCUT2D eigenvalue weighted by molar-refractivity contribution is 0.681. The third kappa shape index (κ3) is 1.68. The maximum Gasteiger partial charge on any atom is 0.0546 e. The van der Waals surface area contributed by atoms with Crippen LogP contribution in [0.25, 0.3) is 0 Å². The second-order valence-corrected chi connectivity index (χ2v) is 4.94. The Bertz CT molecular complexity index is 341. The van der Waals surface area contributed by atoms with Crippen LogP contribution in [0, 0.1) is 0 Å². The number of thioether (sulfide) groups is 1. The fraction of sp³-hybridized carbons (Fsp3) is 0.333. The quantitative estimate of drug-likeness (QED) is 0.743. The number of hydrogen-bond donors (Lipinski definition) is 1. The van der Waals surface area contributed by atoms with Gasteiger partial charge in [-0.25, -0.2) is 0 Å². The smallest absolute Gasteiger partial charge is 0.0546 e. The Balaban J connectivity index is 2.60. The van der Waals surface area contributed by atoms with Gasteiger partial charge in [0.05, 0.1) is 5.02 Å². The zero-order chi connectivity index (χ0) is 9.42. The number of benzene rings is 1. The molecular formula is C9H9Cl2NS. The predicted octanol–water partition coefficient (Wildman–Crippen LogP) is 3.49. The van der Waals surface area contributed by atoms with Gasteiger partial charge in [0.15, 0.2) is 0 Å². The van der Waals surface area contributed by atoms with Crippen molar-refractivity contribution in [2.45, 2.75) is 17.4 Å². The minimum Gasteiger partial charge on any atom is -0.324 e. The van der Waals surface area contributed by atoms with Gasteiger partial charge in [0.2, 0.25) is 0 Å². The summed E-state index contributed by atoms with van der Waals surface area (Å²) in [6.45, 7) is 0. The van der Waals surface area contributed by atoms with Gasteiger partial charge in [-0.3, -0.25) is 0 Å². The molecule has 0 aliphatic carbocycles. The molecule has 70 valence electrons. The van der Waals surface area contributed by atoms with Gasteiger partial charge in [-0.05, 0) is 24.3 Å². The van der Waals surface area contributed by atoms with Crippen LogP contribution in [0.4, 0.5) is 0 Å². The van der Waals surface area contributed by atoms with E-state index in [0.717, 1.165) is 32.7 Å². The van der Waals surface area contributed by atoms with Crippen molar-refractivity contribution >= 4 is 35.0 Å². The van der Waals surface area contributed by atoms with E-state index in [2.05, 4.69) is 0 Å². The molecule has 1 atom stereocenters. The van der Waals surface area contributed by atoms with E-state index in [1.165, 1.54) is 0 Å². The third-order valence-corrected chi connectivity index (χ3v) is 4.07. The van der Waals surface area contributed by atoms with Crippen LogP contribution in [0.2, 0.25) is 10.0 Å². The summed E-state index contributed by atoms with van der Waals surface area (Å²) in [6.07, 6.45) is 0.970. The summed E-state index contributed by atoms with van der Waals surface area (Å²) in [5.74, 6) is 1.02. The molecule has 2 N–H and O–H groups in total. The van der Waals surface area contributed by atoms with Crippen LogP contribution >= 0.6 is 35.0 Å². The Morgan fingerprint density at radius 2 is 2.00 bits per heavy atom. The highest BCUT2D eigenvalue weighted by Gasteiger charge is 2.22. The lowest BCUT2D eigenvalue weighted by atomic mass is 10.0.